The molecule has 2 aromatic rings. The van der Waals surface area contributed by atoms with Crippen LogP contribution >= 0.6 is 0 Å². The van der Waals surface area contributed by atoms with Gasteiger partial charge in [-0.05, 0) is 42.5 Å². The van der Waals surface area contributed by atoms with Crippen LogP contribution in [-0.2, 0) is 6.54 Å². The summed E-state index contributed by atoms with van der Waals surface area (Å²) >= 11 is 0. The van der Waals surface area contributed by atoms with E-state index in [1.54, 1.807) is 13.3 Å². The van der Waals surface area contributed by atoms with Gasteiger partial charge >= 0.3 is 0 Å². The van der Waals surface area contributed by atoms with E-state index in [0.717, 1.165) is 18.4 Å². The first-order valence-corrected chi connectivity index (χ1v) is 8.64. The van der Waals surface area contributed by atoms with Crippen LogP contribution in [0.4, 0.5) is 0 Å². The van der Waals surface area contributed by atoms with E-state index in [9.17, 15) is 14.4 Å². The van der Waals surface area contributed by atoms with Gasteiger partial charge in [0.2, 0.25) is 0 Å². The maximum absolute atomic E-state index is 12.7. The van der Waals surface area contributed by atoms with Gasteiger partial charge < -0.3 is 14.6 Å². The smallest absolute Gasteiger partial charge is 0.263 e. The Labute approximate surface area is 151 Å². The molecule has 0 spiro atoms. The van der Waals surface area contributed by atoms with Crippen molar-refractivity contribution in [3.63, 3.8) is 0 Å². The van der Waals surface area contributed by atoms with Crippen LogP contribution in [-0.4, -0.2) is 30.4 Å². The Morgan fingerprint density at radius 1 is 1.27 bits per heavy atom. The third kappa shape index (κ3) is 4.02. The summed E-state index contributed by atoms with van der Waals surface area (Å²) in [7, 11) is 3.04. The molecule has 6 nitrogen and oxygen atoms in total. The maximum atomic E-state index is 12.7. The van der Waals surface area contributed by atoms with Crippen molar-refractivity contribution in [2.75, 3.05) is 14.2 Å². The molecule has 0 aliphatic heterocycles. The number of ketones is 1. The van der Waals surface area contributed by atoms with Crippen molar-refractivity contribution in [3.8, 4) is 5.75 Å². The molecule has 0 unspecified atom stereocenters. The zero-order valence-corrected chi connectivity index (χ0v) is 15.0. The number of carbonyl (C=O) groups excluding carboxylic acids is 2. The molecule has 0 bridgehead atoms. The Bertz CT molecular complexity index is 897. The second-order valence-corrected chi connectivity index (χ2v) is 6.58. The third-order valence-corrected chi connectivity index (χ3v) is 4.54. The van der Waals surface area contributed by atoms with Gasteiger partial charge in [0.25, 0.3) is 11.5 Å². The van der Waals surface area contributed by atoms with E-state index in [1.807, 2.05) is 24.3 Å². The molecule has 0 saturated heterocycles. The van der Waals surface area contributed by atoms with Gasteiger partial charge in [0.15, 0.2) is 5.78 Å². The molecule has 1 aromatic carbocycles. The molecule has 1 fully saturated rings. The van der Waals surface area contributed by atoms with E-state index in [-0.39, 0.29) is 17.9 Å². The van der Waals surface area contributed by atoms with Gasteiger partial charge in [0, 0.05) is 25.2 Å². The van der Waals surface area contributed by atoms with Crippen LogP contribution in [0.25, 0.3) is 0 Å². The molecule has 1 heterocycles. The first kappa shape index (κ1) is 17.9. The molecule has 1 aliphatic rings. The Morgan fingerprint density at radius 2 is 2.04 bits per heavy atom. The van der Waals surface area contributed by atoms with Crippen molar-refractivity contribution < 1.29 is 14.3 Å². The average molecular weight is 354 g/mol. The summed E-state index contributed by atoms with van der Waals surface area (Å²) in [5.74, 6) is 0.597. The van der Waals surface area contributed by atoms with Crippen molar-refractivity contribution in [1.29, 1.82) is 0 Å². The van der Waals surface area contributed by atoms with E-state index >= 15 is 0 Å². The summed E-state index contributed by atoms with van der Waals surface area (Å²) in [6, 6.07) is 8.75. The first-order valence-electron chi connectivity index (χ1n) is 8.64. The highest BCUT2D eigenvalue weighted by Gasteiger charge is 2.26. The number of pyridine rings is 1. The van der Waals surface area contributed by atoms with Crippen molar-refractivity contribution in [3.05, 3.63) is 63.6 Å². The minimum absolute atomic E-state index is 0.0166. The van der Waals surface area contributed by atoms with Gasteiger partial charge in [0.05, 0.1) is 13.7 Å². The van der Waals surface area contributed by atoms with Crippen LogP contribution in [0, 0.1) is 5.92 Å². The van der Waals surface area contributed by atoms with E-state index in [4.69, 9.17) is 4.74 Å². The van der Waals surface area contributed by atoms with Crippen LogP contribution in [0.5, 0.6) is 5.75 Å². The second-order valence-electron chi connectivity index (χ2n) is 6.58. The van der Waals surface area contributed by atoms with Crippen molar-refractivity contribution >= 4 is 11.7 Å². The number of Topliss-reactive ketones (excluding diaryl/α,β-unsaturated/α-hetero) is 1. The molecule has 0 atom stereocenters. The molecule has 1 saturated carbocycles. The molecule has 3 rings (SSSR count). The lowest BCUT2D eigenvalue weighted by atomic mass is 10.0. The Hall–Kier alpha value is -2.89. The number of ether oxygens (including phenoxy) is 1. The minimum Gasteiger partial charge on any atom is -0.497 e. The summed E-state index contributed by atoms with van der Waals surface area (Å²) in [5.41, 5.74) is 0.811. The summed E-state index contributed by atoms with van der Waals surface area (Å²) in [5, 5.41) is 2.47. The number of methoxy groups -OCH3 is 1. The molecule has 136 valence electrons. The standard InChI is InChI=1S/C20H22N2O4/c1-21-19(24)17-10-15(18(23)9-13-6-7-13)12-22(20(17)25)11-14-4-3-5-16(8-14)26-2/h3-5,8,10,12-13H,6-7,9,11H2,1-2H3,(H,21,24). The predicted octanol–water partition coefficient (Wildman–Crippen LogP) is 2.25. The van der Waals surface area contributed by atoms with Crippen LogP contribution in [0.2, 0.25) is 0 Å². The number of aromatic nitrogens is 1. The molecule has 0 radical (unpaired) electrons. The van der Waals surface area contributed by atoms with Crippen LogP contribution in [0.1, 0.15) is 45.5 Å². The van der Waals surface area contributed by atoms with Gasteiger partial charge in [0.1, 0.15) is 11.3 Å². The van der Waals surface area contributed by atoms with Crippen LogP contribution in [0.15, 0.2) is 41.3 Å². The largest absolute Gasteiger partial charge is 0.497 e. The number of hydrogen-bond acceptors (Lipinski definition) is 4. The molecular weight excluding hydrogens is 332 g/mol. The quantitative estimate of drug-likeness (QED) is 0.774. The van der Waals surface area contributed by atoms with E-state index < -0.39 is 11.5 Å². The molecule has 1 amide bonds. The van der Waals surface area contributed by atoms with E-state index in [2.05, 4.69) is 5.32 Å². The second kappa shape index (κ2) is 7.56. The molecule has 6 heteroatoms. The number of hydrogen-bond donors (Lipinski definition) is 1. The van der Waals surface area contributed by atoms with Crippen molar-refractivity contribution in [2.45, 2.75) is 25.8 Å². The highest BCUT2D eigenvalue weighted by Crippen LogP contribution is 2.33. The monoisotopic (exact) mass is 354 g/mol. The van der Waals surface area contributed by atoms with Crippen molar-refractivity contribution in [2.24, 2.45) is 5.92 Å². The fraction of sp³-hybridized carbons (Fsp3) is 0.350. The number of benzene rings is 1. The highest BCUT2D eigenvalue weighted by molar-refractivity contribution is 6.00. The van der Waals surface area contributed by atoms with Crippen LogP contribution in [0.3, 0.4) is 0 Å². The molecule has 1 N–H and O–H groups in total. The summed E-state index contributed by atoms with van der Waals surface area (Å²) in [4.78, 5) is 37.3. The normalized spacial score (nSPS) is 13.3. The molecule has 1 aromatic heterocycles. The minimum atomic E-state index is -0.490. The SMILES string of the molecule is CNC(=O)c1cc(C(=O)CC2CC2)cn(Cc2cccc(OC)c2)c1=O. The summed E-state index contributed by atoms with van der Waals surface area (Å²) in [6.07, 6.45) is 4.15. The van der Waals surface area contributed by atoms with Crippen molar-refractivity contribution in [1.82, 2.24) is 9.88 Å². The van der Waals surface area contributed by atoms with Gasteiger partial charge in [-0.25, -0.2) is 0 Å². The Morgan fingerprint density at radius 3 is 2.69 bits per heavy atom. The van der Waals surface area contributed by atoms with Gasteiger partial charge in [-0.1, -0.05) is 12.1 Å². The zero-order valence-electron chi connectivity index (χ0n) is 15.0. The number of nitrogens with zero attached hydrogens (tertiary/aromatic N) is 1. The lowest BCUT2D eigenvalue weighted by Gasteiger charge is -2.12. The summed E-state index contributed by atoms with van der Waals surface area (Å²) in [6.45, 7) is 0.255. The first-order chi connectivity index (χ1) is 12.5. The number of carbonyl (C=O) groups is 2. The number of amides is 1. The van der Waals surface area contributed by atoms with Gasteiger partial charge in [-0.3, -0.25) is 14.4 Å². The number of nitrogens with one attached hydrogen (secondary N) is 1. The van der Waals surface area contributed by atoms with Gasteiger partial charge in [-0.2, -0.15) is 0 Å². The fourth-order valence-corrected chi connectivity index (χ4v) is 2.87. The molecular formula is C20H22N2O4. The highest BCUT2D eigenvalue weighted by atomic mass is 16.5. The van der Waals surface area contributed by atoms with Crippen LogP contribution < -0.4 is 15.6 Å². The lowest BCUT2D eigenvalue weighted by Crippen LogP contribution is -2.32. The lowest BCUT2D eigenvalue weighted by molar-refractivity contribution is 0.0961. The maximum Gasteiger partial charge on any atom is 0.263 e. The Kier molecular flexibility index (Phi) is 5.21. The third-order valence-electron chi connectivity index (χ3n) is 4.54. The topological polar surface area (TPSA) is 77.4 Å². The average Bonchev–Trinajstić information content (AvgIpc) is 3.46. The number of rotatable bonds is 7. The van der Waals surface area contributed by atoms with E-state index in [1.165, 1.54) is 17.7 Å². The fourth-order valence-electron chi connectivity index (χ4n) is 2.87. The summed E-state index contributed by atoms with van der Waals surface area (Å²) < 4.78 is 6.63. The van der Waals surface area contributed by atoms with Gasteiger partial charge in [-0.15, -0.1) is 0 Å². The predicted molar refractivity (Wildman–Crippen MR) is 97.9 cm³/mol. The Balaban J connectivity index is 1.99. The zero-order chi connectivity index (χ0) is 18.7. The van der Waals surface area contributed by atoms with E-state index in [0.29, 0.717) is 23.7 Å². The molecule has 1 aliphatic carbocycles. The molecule has 26 heavy (non-hydrogen) atoms.